The molecule has 18 heavy (non-hydrogen) atoms. The zero-order valence-electron chi connectivity index (χ0n) is 10.5. The number of carboxylic acid groups (broad SMARTS) is 1. The molecule has 0 heterocycles. The summed E-state index contributed by atoms with van der Waals surface area (Å²) in [6, 6.07) is 8.48. The average Bonchev–Trinajstić information content (AvgIpc) is 2.34. The van der Waals surface area contributed by atoms with Crippen LogP contribution in [0.1, 0.15) is 19.4 Å². The molecule has 1 aromatic rings. The van der Waals surface area contributed by atoms with Gasteiger partial charge in [-0.2, -0.15) is 0 Å². The van der Waals surface area contributed by atoms with E-state index in [1.54, 1.807) is 19.9 Å². The zero-order chi connectivity index (χ0) is 13.5. The van der Waals surface area contributed by atoms with Gasteiger partial charge in [-0.25, -0.2) is 4.79 Å². The first kappa shape index (κ1) is 14.0. The second kappa shape index (κ2) is 6.59. The molecule has 4 heteroatoms. The molecule has 1 aromatic carbocycles. The summed E-state index contributed by atoms with van der Waals surface area (Å²) in [7, 11) is 0. The summed E-state index contributed by atoms with van der Waals surface area (Å²) in [6.07, 6.45) is 2.99. The Morgan fingerprint density at radius 2 is 1.83 bits per heavy atom. The van der Waals surface area contributed by atoms with Crippen molar-refractivity contribution >= 4 is 18.0 Å². The van der Waals surface area contributed by atoms with Crippen LogP contribution in [0.25, 0.3) is 6.08 Å². The van der Waals surface area contributed by atoms with Crippen molar-refractivity contribution in [2.45, 2.75) is 19.9 Å². The Morgan fingerprint density at radius 3 is 2.33 bits per heavy atom. The highest BCUT2D eigenvalue weighted by atomic mass is 16.4. The molecule has 0 saturated heterocycles. The van der Waals surface area contributed by atoms with Crippen LogP contribution in [0.3, 0.4) is 0 Å². The highest BCUT2D eigenvalue weighted by molar-refractivity contribution is 5.94. The maximum absolute atomic E-state index is 11.6. The Kier molecular flexibility index (Phi) is 5.11. The third kappa shape index (κ3) is 4.41. The fraction of sp³-hybridized carbons (Fsp3) is 0.286. The Morgan fingerprint density at radius 1 is 1.22 bits per heavy atom. The first-order chi connectivity index (χ1) is 8.50. The molecule has 1 rings (SSSR count). The number of amides is 1. The minimum absolute atomic E-state index is 0.156. The number of carbonyl (C=O) groups is 2. The van der Waals surface area contributed by atoms with E-state index in [0.717, 1.165) is 5.56 Å². The summed E-state index contributed by atoms with van der Waals surface area (Å²) in [5, 5.41) is 11.4. The van der Waals surface area contributed by atoms with Crippen LogP contribution in [0, 0.1) is 5.92 Å². The first-order valence-corrected chi connectivity index (χ1v) is 5.77. The van der Waals surface area contributed by atoms with E-state index < -0.39 is 17.9 Å². The van der Waals surface area contributed by atoms with Gasteiger partial charge in [0, 0.05) is 6.08 Å². The maximum Gasteiger partial charge on any atom is 0.326 e. The van der Waals surface area contributed by atoms with E-state index >= 15 is 0 Å². The molecule has 0 aliphatic rings. The Bertz CT molecular complexity index is 438. The summed E-state index contributed by atoms with van der Waals surface area (Å²) in [6.45, 7) is 3.50. The predicted octanol–water partition coefficient (Wildman–Crippen LogP) is 1.93. The Hall–Kier alpha value is -2.10. The van der Waals surface area contributed by atoms with Gasteiger partial charge in [0.25, 0.3) is 0 Å². The summed E-state index contributed by atoms with van der Waals surface area (Å²) >= 11 is 0. The minimum Gasteiger partial charge on any atom is -0.480 e. The van der Waals surface area contributed by atoms with E-state index in [1.165, 1.54) is 6.08 Å². The number of nitrogens with one attached hydrogen (secondary N) is 1. The molecule has 1 atom stereocenters. The number of aliphatic carboxylic acids is 1. The molecule has 1 amide bonds. The molecule has 4 nitrogen and oxygen atoms in total. The van der Waals surface area contributed by atoms with Gasteiger partial charge in [-0.1, -0.05) is 44.2 Å². The quantitative estimate of drug-likeness (QED) is 0.781. The van der Waals surface area contributed by atoms with Gasteiger partial charge in [-0.3, -0.25) is 4.79 Å². The van der Waals surface area contributed by atoms with Crippen LogP contribution < -0.4 is 5.32 Å². The van der Waals surface area contributed by atoms with Gasteiger partial charge in [0.15, 0.2) is 0 Å². The third-order valence-electron chi connectivity index (χ3n) is 2.46. The van der Waals surface area contributed by atoms with E-state index in [9.17, 15) is 9.59 Å². The number of hydrogen-bond donors (Lipinski definition) is 2. The normalized spacial score (nSPS) is 12.6. The highest BCUT2D eigenvalue weighted by Gasteiger charge is 2.22. The van der Waals surface area contributed by atoms with Gasteiger partial charge in [0.2, 0.25) is 5.91 Å². The van der Waals surface area contributed by atoms with Gasteiger partial charge in [0.1, 0.15) is 6.04 Å². The fourth-order valence-electron chi connectivity index (χ4n) is 1.45. The number of benzene rings is 1. The topological polar surface area (TPSA) is 66.4 Å². The van der Waals surface area contributed by atoms with Crippen LogP contribution in [0.2, 0.25) is 0 Å². The van der Waals surface area contributed by atoms with Crippen molar-refractivity contribution in [2.24, 2.45) is 5.92 Å². The molecule has 0 aromatic heterocycles. The Labute approximate surface area is 106 Å². The molecule has 0 aliphatic heterocycles. The summed E-state index contributed by atoms with van der Waals surface area (Å²) in [5.74, 6) is -1.58. The number of carbonyl (C=O) groups excluding carboxylic acids is 1. The van der Waals surface area contributed by atoms with E-state index in [0.29, 0.717) is 0 Å². The molecular weight excluding hydrogens is 230 g/mol. The predicted molar refractivity (Wildman–Crippen MR) is 69.9 cm³/mol. The molecule has 2 N–H and O–H groups in total. The smallest absolute Gasteiger partial charge is 0.326 e. The lowest BCUT2D eigenvalue weighted by Crippen LogP contribution is -2.43. The standard InChI is InChI=1S/C14H17NO3/c1-10(2)13(14(17)18)15-12(16)9-8-11-6-4-3-5-7-11/h3-10,13H,1-2H3,(H,15,16)(H,17,18)/b9-8-. The second-order valence-electron chi connectivity index (χ2n) is 4.31. The lowest BCUT2D eigenvalue weighted by atomic mass is 10.0. The molecule has 96 valence electrons. The van der Waals surface area contributed by atoms with Crippen molar-refractivity contribution in [3.63, 3.8) is 0 Å². The van der Waals surface area contributed by atoms with Crippen LogP contribution in [0.5, 0.6) is 0 Å². The molecule has 0 aliphatic carbocycles. The van der Waals surface area contributed by atoms with Gasteiger partial charge in [-0.15, -0.1) is 0 Å². The second-order valence-corrected chi connectivity index (χ2v) is 4.31. The van der Waals surface area contributed by atoms with E-state index in [2.05, 4.69) is 5.32 Å². The lowest BCUT2D eigenvalue weighted by Gasteiger charge is -2.16. The third-order valence-corrected chi connectivity index (χ3v) is 2.46. The SMILES string of the molecule is CC(C)C(NC(=O)/C=C\c1ccccc1)C(=O)O. The van der Waals surface area contributed by atoms with Gasteiger partial charge < -0.3 is 10.4 Å². The Balaban J connectivity index is 2.61. The molecule has 0 fully saturated rings. The minimum atomic E-state index is -1.02. The van der Waals surface area contributed by atoms with Gasteiger partial charge in [0.05, 0.1) is 0 Å². The average molecular weight is 247 g/mol. The monoisotopic (exact) mass is 247 g/mol. The summed E-state index contributed by atoms with van der Waals surface area (Å²) in [5.41, 5.74) is 0.893. The number of carboxylic acids is 1. The van der Waals surface area contributed by atoms with Crippen molar-refractivity contribution in [1.29, 1.82) is 0 Å². The first-order valence-electron chi connectivity index (χ1n) is 5.77. The maximum atomic E-state index is 11.6. The van der Waals surface area contributed by atoms with Crippen molar-refractivity contribution in [3.8, 4) is 0 Å². The molecular formula is C14H17NO3. The van der Waals surface area contributed by atoms with E-state index in [1.807, 2.05) is 30.3 Å². The molecule has 0 bridgehead atoms. The zero-order valence-corrected chi connectivity index (χ0v) is 10.5. The number of rotatable bonds is 5. The fourth-order valence-corrected chi connectivity index (χ4v) is 1.45. The van der Waals surface area contributed by atoms with Crippen LogP contribution in [-0.4, -0.2) is 23.0 Å². The van der Waals surface area contributed by atoms with Crippen LogP contribution in [0.15, 0.2) is 36.4 Å². The molecule has 0 saturated carbocycles. The molecule has 1 unspecified atom stereocenters. The van der Waals surface area contributed by atoms with E-state index in [-0.39, 0.29) is 5.92 Å². The van der Waals surface area contributed by atoms with Crippen molar-refractivity contribution < 1.29 is 14.7 Å². The van der Waals surface area contributed by atoms with Gasteiger partial charge in [-0.05, 0) is 17.6 Å². The largest absolute Gasteiger partial charge is 0.480 e. The molecule has 0 spiro atoms. The molecule has 0 radical (unpaired) electrons. The summed E-state index contributed by atoms with van der Waals surface area (Å²) in [4.78, 5) is 22.5. The van der Waals surface area contributed by atoms with E-state index in [4.69, 9.17) is 5.11 Å². The van der Waals surface area contributed by atoms with Crippen LogP contribution in [0.4, 0.5) is 0 Å². The van der Waals surface area contributed by atoms with Crippen LogP contribution in [-0.2, 0) is 9.59 Å². The lowest BCUT2D eigenvalue weighted by molar-refractivity contribution is -0.142. The van der Waals surface area contributed by atoms with Gasteiger partial charge >= 0.3 is 5.97 Å². The van der Waals surface area contributed by atoms with Crippen molar-refractivity contribution in [3.05, 3.63) is 42.0 Å². The van der Waals surface area contributed by atoms with Crippen LogP contribution >= 0.6 is 0 Å². The summed E-state index contributed by atoms with van der Waals surface area (Å²) < 4.78 is 0. The van der Waals surface area contributed by atoms with Crippen molar-refractivity contribution in [1.82, 2.24) is 5.32 Å². The van der Waals surface area contributed by atoms with Crippen molar-refractivity contribution in [2.75, 3.05) is 0 Å². The highest BCUT2D eigenvalue weighted by Crippen LogP contribution is 2.03. The number of hydrogen-bond acceptors (Lipinski definition) is 2.